The number of rotatable bonds is 4. The van der Waals surface area contributed by atoms with Gasteiger partial charge in [0.2, 0.25) is 11.0 Å². The largest absolute Gasteiger partial charge is 0.486 e. The second kappa shape index (κ2) is 6.23. The molecule has 0 unspecified atom stereocenters. The van der Waals surface area contributed by atoms with Gasteiger partial charge in [-0.3, -0.25) is 4.79 Å². The van der Waals surface area contributed by atoms with E-state index in [-0.39, 0.29) is 5.91 Å². The maximum Gasteiger partial charge on any atom is 0.236 e. The maximum absolute atomic E-state index is 11.1. The molecule has 1 aromatic carbocycles. The van der Waals surface area contributed by atoms with Crippen LogP contribution in [-0.4, -0.2) is 27.0 Å². The Morgan fingerprint density at radius 2 is 2.33 bits per heavy atom. The van der Waals surface area contributed by atoms with E-state index in [0.29, 0.717) is 22.7 Å². The first kappa shape index (κ1) is 14.0. The number of carbonyl (C=O) groups is 1. The van der Waals surface area contributed by atoms with Gasteiger partial charge in [0.05, 0.1) is 5.75 Å². The molecule has 0 atom stereocenters. The van der Waals surface area contributed by atoms with Crippen LogP contribution in [0.15, 0.2) is 29.3 Å². The molecule has 2 aromatic rings. The van der Waals surface area contributed by atoms with Gasteiger partial charge in [0, 0.05) is 0 Å². The second-order valence-corrected chi connectivity index (χ2v) is 6.34. The van der Waals surface area contributed by atoms with Crippen LogP contribution in [0.5, 0.6) is 5.75 Å². The van der Waals surface area contributed by atoms with Crippen molar-refractivity contribution in [2.75, 3.05) is 5.75 Å². The number of nitrogens with one attached hydrogen (secondary N) is 1. The van der Waals surface area contributed by atoms with Crippen molar-refractivity contribution in [1.29, 1.82) is 0 Å². The number of aromatic nitrogens is 2. The van der Waals surface area contributed by atoms with E-state index in [0.717, 1.165) is 16.3 Å². The van der Waals surface area contributed by atoms with Crippen LogP contribution >= 0.6 is 23.1 Å². The Hall–Kier alpha value is -1.93. The van der Waals surface area contributed by atoms with E-state index in [4.69, 9.17) is 4.74 Å². The molecule has 3 rings (SSSR count). The second-order valence-electron chi connectivity index (χ2n) is 4.34. The highest BCUT2D eigenvalue weighted by Crippen LogP contribution is 2.23. The topological polar surface area (TPSA) is 76.5 Å². The summed E-state index contributed by atoms with van der Waals surface area (Å²) < 4.78 is 5.66. The molecule has 108 valence electrons. The Bertz CT molecular complexity index is 699. The number of benzene rings is 1. The van der Waals surface area contributed by atoms with Crippen molar-refractivity contribution in [3.8, 4) is 5.75 Å². The van der Waals surface area contributed by atoms with E-state index in [2.05, 4.69) is 20.5 Å². The van der Waals surface area contributed by atoms with Gasteiger partial charge in [0.25, 0.3) is 0 Å². The molecule has 1 aromatic heterocycles. The number of nitrogens with zero attached hydrogens (tertiary/aromatic N) is 3. The average molecular weight is 320 g/mol. The van der Waals surface area contributed by atoms with Gasteiger partial charge in [0.15, 0.2) is 10.2 Å². The third kappa shape index (κ3) is 3.79. The Balaban J connectivity index is 1.61. The van der Waals surface area contributed by atoms with Crippen LogP contribution in [0.2, 0.25) is 0 Å². The number of thioether (sulfide) groups is 1. The van der Waals surface area contributed by atoms with E-state index in [1.165, 1.54) is 23.1 Å². The Labute approximate surface area is 129 Å². The van der Waals surface area contributed by atoms with Crippen LogP contribution in [0.25, 0.3) is 0 Å². The molecule has 0 spiro atoms. The fraction of sp³-hybridized carbons (Fsp3) is 0.231. The molecular formula is C13H12N4O2S2. The summed E-state index contributed by atoms with van der Waals surface area (Å²) in [4.78, 5) is 15.3. The molecule has 0 bridgehead atoms. The Morgan fingerprint density at radius 1 is 1.43 bits per heavy atom. The number of amidine groups is 1. The molecule has 21 heavy (non-hydrogen) atoms. The highest BCUT2D eigenvalue weighted by Gasteiger charge is 2.17. The summed E-state index contributed by atoms with van der Waals surface area (Å²) >= 11 is 2.71. The third-order valence-corrected chi connectivity index (χ3v) is 4.26. The number of aliphatic imine (C=N–C) groups is 1. The lowest BCUT2D eigenvalue weighted by molar-refractivity contribution is -0.116. The van der Waals surface area contributed by atoms with Crippen LogP contribution < -0.4 is 10.1 Å². The van der Waals surface area contributed by atoms with Crippen molar-refractivity contribution in [3.63, 3.8) is 0 Å². The van der Waals surface area contributed by atoms with Crippen molar-refractivity contribution < 1.29 is 9.53 Å². The highest BCUT2D eigenvalue weighted by molar-refractivity contribution is 8.15. The SMILES string of the molecule is Cc1cccc(OCc2nnc(/N=C3\NC(=O)CS3)s2)c1. The molecule has 1 N–H and O–H groups in total. The highest BCUT2D eigenvalue weighted by atomic mass is 32.2. The summed E-state index contributed by atoms with van der Waals surface area (Å²) in [7, 11) is 0. The van der Waals surface area contributed by atoms with Crippen molar-refractivity contribution in [3.05, 3.63) is 34.8 Å². The molecular weight excluding hydrogens is 308 g/mol. The number of ether oxygens (including phenoxy) is 1. The van der Waals surface area contributed by atoms with Crippen molar-refractivity contribution in [2.45, 2.75) is 13.5 Å². The van der Waals surface area contributed by atoms with Crippen molar-refractivity contribution in [1.82, 2.24) is 15.5 Å². The predicted molar refractivity (Wildman–Crippen MR) is 83.1 cm³/mol. The summed E-state index contributed by atoms with van der Waals surface area (Å²) in [6, 6.07) is 7.83. The summed E-state index contributed by atoms with van der Waals surface area (Å²) in [5, 5.41) is 12.5. The number of hydrogen-bond acceptors (Lipinski definition) is 7. The lowest BCUT2D eigenvalue weighted by Crippen LogP contribution is -2.19. The van der Waals surface area contributed by atoms with Gasteiger partial charge in [0.1, 0.15) is 12.4 Å². The first-order valence-electron chi connectivity index (χ1n) is 6.22. The van der Waals surface area contributed by atoms with E-state index in [1.807, 2.05) is 31.2 Å². The number of hydrogen-bond donors (Lipinski definition) is 1. The smallest absolute Gasteiger partial charge is 0.236 e. The molecule has 1 amide bonds. The monoisotopic (exact) mass is 320 g/mol. The number of aryl methyl sites for hydroxylation is 1. The molecule has 0 aliphatic carbocycles. The molecule has 1 saturated heterocycles. The molecule has 2 heterocycles. The van der Waals surface area contributed by atoms with Crippen molar-refractivity contribution >= 4 is 39.3 Å². The molecule has 0 radical (unpaired) electrons. The van der Waals surface area contributed by atoms with E-state index in [1.54, 1.807) is 0 Å². The van der Waals surface area contributed by atoms with Crippen LogP contribution in [0.3, 0.4) is 0 Å². The van der Waals surface area contributed by atoms with Crippen LogP contribution in [0, 0.1) is 6.92 Å². The fourth-order valence-electron chi connectivity index (χ4n) is 1.67. The van der Waals surface area contributed by atoms with Gasteiger partial charge >= 0.3 is 0 Å². The minimum absolute atomic E-state index is 0.0359. The van der Waals surface area contributed by atoms with Crippen LogP contribution in [-0.2, 0) is 11.4 Å². The van der Waals surface area contributed by atoms with Gasteiger partial charge < -0.3 is 10.1 Å². The zero-order valence-electron chi connectivity index (χ0n) is 11.2. The quantitative estimate of drug-likeness (QED) is 0.935. The summed E-state index contributed by atoms with van der Waals surface area (Å²) in [5.41, 5.74) is 1.14. The van der Waals surface area contributed by atoms with Gasteiger partial charge in [-0.1, -0.05) is 35.2 Å². The summed E-state index contributed by atoms with van der Waals surface area (Å²) in [6.45, 7) is 2.37. The first-order valence-corrected chi connectivity index (χ1v) is 8.02. The van der Waals surface area contributed by atoms with E-state index < -0.39 is 0 Å². The normalized spacial score (nSPS) is 16.2. The molecule has 6 nitrogen and oxygen atoms in total. The van der Waals surface area contributed by atoms with Gasteiger partial charge in [-0.05, 0) is 24.6 Å². The standard InChI is InChI=1S/C13H12N4O2S2/c1-8-3-2-4-9(5-8)19-6-11-16-17-13(21-11)15-12-14-10(18)7-20-12/h2-5H,6-7H2,1H3,(H,14,15,17,18). The van der Waals surface area contributed by atoms with Gasteiger partial charge in [-0.25, -0.2) is 0 Å². The van der Waals surface area contributed by atoms with E-state index >= 15 is 0 Å². The third-order valence-electron chi connectivity index (χ3n) is 2.59. The molecule has 1 fully saturated rings. The van der Waals surface area contributed by atoms with Gasteiger partial charge in [-0.2, -0.15) is 4.99 Å². The minimum atomic E-state index is -0.0359. The number of carbonyl (C=O) groups excluding carboxylic acids is 1. The average Bonchev–Trinajstić information content (AvgIpc) is 3.06. The summed E-state index contributed by atoms with van der Waals surface area (Å²) in [5.74, 6) is 1.17. The molecule has 1 aliphatic rings. The fourth-order valence-corrected chi connectivity index (χ4v) is 3.03. The van der Waals surface area contributed by atoms with Crippen LogP contribution in [0.1, 0.15) is 10.6 Å². The lowest BCUT2D eigenvalue weighted by atomic mass is 10.2. The zero-order valence-corrected chi connectivity index (χ0v) is 12.8. The molecule has 1 aliphatic heterocycles. The lowest BCUT2D eigenvalue weighted by Gasteiger charge is -2.03. The number of amides is 1. The van der Waals surface area contributed by atoms with Crippen molar-refractivity contribution in [2.24, 2.45) is 4.99 Å². The van der Waals surface area contributed by atoms with E-state index in [9.17, 15) is 4.79 Å². The minimum Gasteiger partial charge on any atom is -0.486 e. The zero-order chi connectivity index (χ0) is 14.7. The Kier molecular flexibility index (Phi) is 4.16. The molecule has 8 heteroatoms. The summed E-state index contributed by atoms with van der Waals surface area (Å²) in [6.07, 6.45) is 0. The first-order chi connectivity index (χ1) is 10.2. The maximum atomic E-state index is 11.1. The van der Waals surface area contributed by atoms with Crippen LogP contribution in [0.4, 0.5) is 5.13 Å². The predicted octanol–water partition coefficient (Wildman–Crippen LogP) is 2.28. The van der Waals surface area contributed by atoms with Gasteiger partial charge in [-0.15, -0.1) is 10.2 Å². The Morgan fingerprint density at radius 3 is 3.10 bits per heavy atom. The molecule has 0 saturated carbocycles.